The molecule has 5 heteroatoms. The minimum Gasteiger partial charge on any atom is -0.360 e. The van der Waals surface area contributed by atoms with E-state index in [2.05, 4.69) is 10.3 Å². The lowest BCUT2D eigenvalue weighted by Crippen LogP contribution is -2.21. The van der Waals surface area contributed by atoms with Crippen molar-refractivity contribution in [2.75, 3.05) is 13.1 Å². The second kappa shape index (κ2) is 9.22. The Morgan fingerprint density at radius 3 is 2.69 bits per heavy atom. The summed E-state index contributed by atoms with van der Waals surface area (Å²) in [5.41, 5.74) is 2.78. The molecular weight excluding hydrogens is 367 g/mol. The minimum atomic E-state index is -0.500. The molecule has 1 atom stereocenters. The second-order valence-corrected chi connectivity index (χ2v) is 7.25. The molecule has 0 aliphatic carbocycles. The summed E-state index contributed by atoms with van der Waals surface area (Å²) >= 11 is 12.5. The van der Waals surface area contributed by atoms with Crippen LogP contribution in [0, 0.1) is 0 Å². The van der Waals surface area contributed by atoms with E-state index in [1.165, 1.54) is 0 Å². The van der Waals surface area contributed by atoms with E-state index in [4.69, 9.17) is 23.2 Å². The summed E-state index contributed by atoms with van der Waals surface area (Å²) in [6.45, 7) is 1.68. The number of para-hydroxylation sites is 1. The summed E-state index contributed by atoms with van der Waals surface area (Å²) in [5, 5.41) is 4.62. The summed E-state index contributed by atoms with van der Waals surface area (Å²) in [4.78, 5) is 15.7. The van der Waals surface area contributed by atoms with E-state index < -0.39 is 5.38 Å². The van der Waals surface area contributed by atoms with Gasteiger partial charge in [0.15, 0.2) is 5.78 Å². The molecule has 0 saturated carbocycles. The van der Waals surface area contributed by atoms with Crippen LogP contribution >= 0.6 is 23.2 Å². The average molecular weight is 389 g/mol. The lowest BCUT2D eigenvalue weighted by atomic mass is 10.0. The summed E-state index contributed by atoms with van der Waals surface area (Å²) in [7, 11) is 0. The molecule has 0 bridgehead atoms. The van der Waals surface area contributed by atoms with Crippen molar-refractivity contribution in [3.63, 3.8) is 0 Å². The number of ketones is 1. The number of hydrogen-bond donors (Lipinski definition) is 2. The molecule has 3 rings (SSSR count). The standard InChI is InChI=1S/C21H22Cl2N2O/c22-18-8-3-1-6-15(18)11-13-24-12-5-9-19(23)21(26)17-14-25-20-10-4-2-7-16(17)20/h1-4,6-8,10,14,19,24-25H,5,9,11-13H2. The van der Waals surface area contributed by atoms with E-state index in [1.54, 1.807) is 6.20 Å². The predicted octanol–water partition coefficient (Wildman–Crippen LogP) is 5.22. The van der Waals surface area contributed by atoms with Crippen LogP contribution in [-0.4, -0.2) is 29.2 Å². The van der Waals surface area contributed by atoms with E-state index in [0.717, 1.165) is 47.4 Å². The number of aromatic amines is 1. The summed E-state index contributed by atoms with van der Waals surface area (Å²) < 4.78 is 0. The van der Waals surface area contributed by atoms with Crippen LogP contribution in [0.25, 0.3) is 10.9 Å². The van der Waals surface area contributed by atoms with Crippen molar-refractivity contribution in [3.05, 3.63) is 70.9 Å². The first-order valence-electron chi connectivity index (χ1n) is 8.85. The molecule has 0 radical (unpaired) electrons. The van der Waals surface area contributed by atoms with Crippen molar-refractivity contribution in [2.45, 2.75) is 24.6 Å². The molecule has 136 valence electrons. The van der Waals surface area contributed by atoms with Crippen LogP contribution in [-0.2, 0) is 6.42 Å². The van der Waals surface area contributed by atoms with Crippen LogP contribution in [0.2, 0.25) is 5.02 Å². The highest BCUT2D eigenvalue weighted by molar-refractivity contribution is 6.35. The van der Waals surface area contributed by atoms with Crippen LogP contribution in [0.3, 0.4) is 0 Å². The zero-order valence-corrected chi connectivity index (χ0v) is 16.0. The van der Waals surface area contributed by atoms with Crippen molar-refractivity contribution in [1.29, 1.82) is 0 Å². The van der Waals surface area contributed by atoms with Gasteiger partial charge < -0.3 is 10.3 Å². The van der Waals surface area contributed by atoms with Gasteiger partial charge in [-0.1, -0.05) is 48.0 Å². The lowest BCUT2D eigenvalue weighted by Gasteiger charge is -2.09. The molecule has 1 aromatic heterocycles. The Bertz CT molecular complexity index is 875. The number of halogens is 2. The number of H-pyrrole nitrogens is 1. The number of Topliss-reactive ketones (excluding diaryl/α,β-unsaturated/α-hetero) is 1. The zero-order valence-electron chi connectivity index (χ0n) is 14.5. The van der Waals surface area contributed by atoms with Gasteiger partial charge in [0.05, 0.1) is 5.38 Å². The normalized spacial score (nSPS) is 12.4. The van der Waals surface area contributed by atoms with Crippen LogP contribution in [0.4, 0.5) is 0 Å². The molecule has 0 aliphatic heterocycles. The Morgan fingerprint density at radius 1 is 1.08 bits per heavy atom. The molecule has 26 heavy (non-hydrogen) atoms. The van der Waals surface area contributed by atoms with Gasteiger partial charge in [0.1, 0.15) is 0 Å². The molecule has 0 saturated heterocycles. The zero-order chi connectivity index (χ0) is 18.4. The maximum absolute atomic E-state index is 12.6. The van der Waals surface area contributed by atoms with Gasteiger partial charge in [-0.15, -0.1) is 11.6 Å². The van der Waals surface area contributed by atoms with Crippen molar-refractivity contribution >= 4 is 39.9 Å². The van der Waals surface area contributed by atoms with E-state index in [-0.39, 0.29) is 5.78 Å². The first-order valence-corrected chi connectivity index (χ1v) is 9.67. The van der Waals surface area contributed by atoms with Crippen molar-refractivity contribution in [1.82, 2.24) is 10.3 Å². The van der Waals surface area contributed by atoms with Crippen molar-refractivity contribution < 1.29 is 4.79 Å². The number of rotatable bonds is 9. The average Bonchev–Trinajstić information content (AvgIpc) is 3.09. The molecule has 3 nitrogen and oxygen atoms in total. The fourth-order valence-corrected chi connectivity index (χ4v) is 3.53. The third-order valence-corrected chi connectivity index (χ3v) is 5.26. The molecule has 0 amide bonds. The van der Waals surface area contributed by atoms with Gasteiger partial charge in [-0.25, -0.2) is 0 Å². The van der Waals surface area contributed by atoms with Gasteiger partial charge >= 0.3 is 0 Å². The number of carbonyl (C=O) groups is 1. The Balaban J connectivity index is 1.41. The van der Waals surface area contributed by atoms with Crippen molar-refractivity contribution in [2.24, 2.45) is 0 Å². The summed E-state index contributed by atoms with van der Waals surface area (Å²) in [5.74, 6) is -0.0137. The number of hydrogen-bond acceptors (Lipinski definition) is 2. The number of nitrogens with one attached hydrogen (secondary N) is 2. The molecule has 2 aromatic carbocycles. The first kappa shape index (κ1) is 19.0. The second-order valence-electron chi connectivity index (χ2n) is 6.31. The van der Waals surface area contributed by atoms with Crippen molar-refractivity contribution in [3.8, 4) is 0 Å². The smallest absolute Gasteiger partial charge is 0.182 e. The van der Waals surface area contributed by atoms with Gasteiger partial charge in [0, 0.05) is 27.7 Å². The molecule has 0 spiro atoms. The maximum Gasteiger partial charge on any atom is 0.182 e. The Kier molecular flexibility index (Phi) is 6.73. The number of aromatic nitrogens is 1. The molecule has 1 unspecified atom stereocenters. The quantitative estimate of drug-likeness (QED) is 0.299. The lowest BCUT2D eigenvalue weighted by molar-refractivity contribution is 0.0985. The first-order chi connectivity index (χ1) is 12.7. The van der Waals surface area contributed by atoms with E-state index in [0.29, 0.717) is 12.0 Å². The van der Waals surface area contributed by atoms with Crippen LogP contribution in [0.15, 0.2) is 54.7 Å². The summed E-state index contributed by atoms with van der Waals surface area (Å²) in [6, 6.07) is 15.7. The minimum absolute atomic E-state index is 0.0137. The highest BCUT2D eigenvalue weighted by atomic mass is 35.5. The van der Waals surface area contributed by atoms with Crippen LogP contribution in [0.1, 0.15) is 28.8 Å². The maximum atomic E-state index is 12.6. The van der Waals surface area contributed by atoms with E-state index in [9.17, 15) is 4.79 Å². The molecule has 2 N–H and O–H groups in total. The highest BCUT2D eigenvalue weighted by Gasteiger charge is 2.20. The van der Waals surface area contributed by atoms with Crippen LogP contribution in [0.5, 0.6) is 0 Å². The third-order valence-electron chi connectivity index (χ3n) is 4.48. The van der Waals surface area contributed by atoms with Gasteiger partial charge in [0.2, 0.25) is 0 Å². The largest absolute Gasteiger partial charge is 0.360 e. The molecule has 1 heterocycles. The van der Waals surface area contributed by atoms with E-state index >= 15 is 0 Å². The molecule has 3 aromatic rings. The van der Waals surface area contributed by atoms with Crippen LogP contribution < -0.4 is 5.32 Å². The number of fused-ring (bicyclic) bond motifs is 1. The van der Waals surface area contributed by atoms with Gasteiger partial charge in [0.25, 0.3) is 0 Å². The molecule has 0 aliphatic rings. The Labute approximate surface area is 163 Å². The highest BCUT2D eigenvalue weighted by Crippen LogP contribution is 2.22. The number of alkyl halides is 1. The summed E-state index contributed by atoms with van der Waals surface area (Å²) in [6.07, 6.45) is 4.15. The third kappa shape index (κ3) is 4.67. The Hall–Kier alpha value is -1.81. The SMILES string of the molecule is O=C(c1c[nH]c2ccccc12)C(Cl)CCCNCCc1ccccc1Cl. The molecule has 0 fully saturated rings. The van der Waals surface area contributed by atoms with Gasteiger partial charge in [-0.05, 0) is 50.0 Å². The topological polar surface area (TPSA) is 44.9 Å². The molecular formula is C21H22Cl2N2O. The fourth-order valence-electron chi connectivity index (χ4n) is 3.03. The van der Waals surface area contributed by atoms with Gasteiger partial charge in [-0.3, -0.25) is 4.79 Å². The number of carbonyl (C=O) groups excluding carboxylic acids is 1. The monoisotopic (exact) mass is 388 g/mol. The Morgan fingerprint density at radius 2 is 1.85 bits per heavy atom. The van der Waals surface area contributed by atoms with Gasteiger partial charge in [-0.2, -0.15) is 0 Å². The number of benzene rings is 2. The fraction of sp³-hybridized carbons (Fsp3) is 0.286. The predicted molar refractivity (Wildman–Crippen MR) is 110 cm³/mol. The van der Waals surface area contributed by atoms with E-state index in [1.807, 2.05) is 48.5 Å².